The van der Waals surface area contributed by atoms with Gasteiger partial charge in [0.05, 0.1) is 0 Å². The number of benzene rings is 1. The van der Waals surface area contributed by atoms with Crippen molar-refractivity contribution in [2.75, 3.05) is 0 Å². The molecule has 0 aromatic heterocycles. The second kappa shape index (κ2) is 4.91. The molecule has 0 nitrogen and oxygen atoms in total. The van der Waals surface area contributed by atoms with Crippen LogP contribution in [0.25, 0.3) is 0 Å². The van der Waals surface area contributed by atoms with Crippen molar-refractivity contribution in [2.24, 2.45) is 5.92 Å². The van der Waals surface area contributed by atoms with Crippen molar-refractivity contribution in [3.05, 3.63) is 59.2 Å². The zero-order chi connectivity index (χ0) is 12.4. The van der Waals surface area contributed by atoms with Crippen LogP contribution in [0.15, 0.2) is 48.1 Å². The van der Waals surface area contributed by atoms with Crippen molar-refractivity contribution >= 4 is 0 Å². The molecule has 0 radical (unpaired) electrons. The quantitative estimate of drug-likeness (QED) is 0.665. The van der Waals surface area contributed by atoms with Gasteiger partial charge in [0.1, 0.15) is 0 Å². The first-order valence-electron chi connectivity index (χ1n) is 6.54. The average molecular weight is 226 g/mol. The minimum Gasteiger partial charge on any atom is -0.0953 e. The molecule has 0 amide bonds. The topological polar surface area (TPSA) is 0 Å². The molecule has 1 aliphatic rings. The Balaban J connectivity index is 2.19. The van der Waals surface area contributed by atoms with Crippen LogP contribution < -0.4 is 0 Å². The van der Waals surface area contributed by atoms with Crippen molar-refractivity contribution in [3.8, 4) is 0 Å². The third kappa shape index (κ3) is 2.36. The Labute approximate surface area is 105 Å². The van der Waals surface area contributed by atoms with Gasteiger partial charge in [0.15, 0.2) is 0 Å². The molecule has 1 aromatic rings. The Kier molecular flexibility index (Phi) is 3.51. The van der Waals surface area contributed by atoms with Crippen molar-refractivity contribution in [2.45, 2.75) is 39.5 Å². The van der Waals surface area contributed by atoms with Gasteiger partial charge in [0, 0.05) is 0 Å². The smallest absolute Gasteiger partial charge is 0.00958 e. The van der Waals surface area contributed by atoms with Crippen molar-refractivity contribution in [1.29, 1.82) is 0 Å². The summed E-state index contributed by atoms with van der Waals surface area (Å²) in [6.07, 6.45) is 4.69. The van der Waals surface area contributed by atoms with Gasteiger partial charge in [-0.2, -0.15) is 0 Å². The fourth-order valence-electron chi connectivity index (χ4n) is 2.87. The highest BCUT2D eigenvalue weighted by molar-refractivity contribution is 5.38. The van der Waals surface area contributed by atoms with Gasteiger partial charge in [-0.15, -0.1) is 0 Å². The molecule has 0 N–H and O–H groups in total. The van der Waals surface area contributed by atoms with Gasteiger partial charge >= 0.3 is 0 Å². The predicted octanol–water partition coefficient (Wildman–Crippen LogP) is 5.01. The van der Waals surface area contributed by atoms with Gasteiger partial charge in [-0.3, -0.25) is 0 Å². The largest absolute Gasteiger partial charge is 0.0953 e. The summed E-state index contributed by atoms with van der Waals surface area (Å²) in [5.74, 6) is 1.21. The number of rotatable bonds is 2. The van der Waals surface area contributed by atoms with Crippen LogP contribution in [0.5, 0.6) is 0 Å². The summed E-state index contributed by atoms with van der Waals surface area (Å²) >= 11 is 0. The highest BCUT2D eigenvalue weighted by Crippen LogP contribution is 2.43. The van der Waals surface area contributed by atoms with E-state index in [9.17, 15) is 0 Å². The standard InChI is InChI=1S/C17H22/c1-5-15-10-11-17(13(15)3)14(4)16-8-6-12(2)7-9-16/h5-9,14,17H,3,10-11H2,1-2,4H3/b15-5+/t14-,17?/m0/s1. The maximum atomic E-state index is 4.28. The van der Waals surface area contributed by atoms with Gasteiger partial charge in [-0.05, 0) is 55.2 Å². The molecule has 0 spiro atoms. The van der Waals surface area contributed by atoms with Crippen LogP contribution in [0.2, 0.25) is 0 Å². The van der Waals surface area contributed by atoms with E-state index >= 15 is 0 Å². The molecular formula is C17H22. The van der Waals surface area contributed by atoms with E-state index in [1.54, 1.807) is 0 Å². The first-order chi connectivity index (χ1) is 8.13. The highest BCUT2D eigenvalue weighted by atomic mass is 14.3. The van der Waals surface area contributed by atoms with Gasteiger partial charge < -0.3 is 0 Å². The Bertz CT molecular complexity index is 434. The maximum absolute atomic E-state index is 4.28. The summed E-state index contributed by atoms with van der Waals surface area (Å²) in [6.45, 7) is 10.9. The average Bonchev–Trinajstić information content (AvgIpc) is 2.70. The predicted molar refractivity (Wildman–Crippen MR) is 75.2 cm³/mol. The second-order valence-electron chi connectivity index (χ2n) is 5.18. The molecular weight excluding hydrogens is 204 g/mol. The molecule has 0 aliphatic heterocycles. The summed E-state index contributed by atoms with van der Waals surface area (Å²) in [6, 6.07) is 8.95. The Morgan fingerprint density at radius 1 is 1.29 bits per heavy atom. The second-order valence-corrected chi connectivity index (χ2v) is 5.18. The lowest BCUT2D eigenvalue weighted by molar-refractivity contribution is 0.526. The van der Waals surface area contributed by atoms with E-state index in [-0.39, 0.29) is 0 Å². The Morgan fingerprint density at radius 2 is 1.94 bits per heavy atom. The third-order valence-corrected chi connectivity index (χ3v) is 4.14. The van der Waals surface area contributed by atoms with E-state index in [1.807, 2.05) is 0 Å². The van der Waals surface area contributed by atoms with Crippen molar-refractivity contribution < 1.29 is 0 Å². The lowest BCUT2D eigenvalue weighted by atomic mass is 9.84. The third-order valence-electron chi connectivity index (χ3n) is 4.14. The van der Waals surface area contributed by atoms with Gasteiger partial charge in [0.25, 0.3) is 0 Å². The summed E-state index contributed by atoms with van der Waals surface area (Å²) in [7, 11) is 0. The fraction of sp³-hybridized carbons (Fsp3) is 0.412. The summed E-state index contributed by atoms with van der Waals surface area (Å²) in [4.78, 5) is 0. The van der Waals surface area contributed by atoms with Crippen molar-refractivity contribution in [1.82, 2.24) is 0 Å². The molecule has 1 aromatic carbocycles. The Hall–Kier alpha value is -1.30. The van der Waals surface area contributed by atoms with E-state index in [1.165, 1.54) is 35.1 Å². The lowest BCUT2D eigenvalue weighted by Crippen LogP contribution is -2.07. The zero-order valence-corrected chi connectivity index (χ0v) is 11.2. The minimum atomic E-state index is 0.584. The SMILES string of the molecule is C=C1/C(=C/C)CCC1[C@@H](C)c1ccc(C)cc1. The van der Waals surface area contributed by atoms with Gasteiger partial charge in [-0.25, -0.2) is 0 Å². The molecule has 0 saturated heterocycles. The monoisotopic (exact) mass is 226 g/mol. The first-order valence-corrected chi connectivity index (χ1v) is 6.54. The van der Waals surface area contributed by atoms with Gasteiger partial charge in [-0.1, -0.05) is 49.4 Å². The molecule has 90 valence electrons. The van der Waals surface area contributed by atoms with Crippen LogP contribution in [0, 0.1) is 12.8 Å². The van der Waals surface area contributed by atoms with Crippen LogP contribution in [0.3, 0.4) is 0 Å². The van der Waals surface area contributed by atoms with E-state index < -0.39 is 0 Å². The number of hydrogen-bond acceptors (Lipinski definition) is 0. The highest BCUT2D eigenvalue weighted by Gasteiger charge is 2.28. The first kappa shape index (κ1) is 12.2. The molecule has 1 unspecified atom stereocenters. The normalized spacial score (nSPS) is 24.3. The van der Waals surface area contributed by atoms with E-state index in [2.05, 4.69) is 57.7 Å². The van der Waals surface area contributed by atoms with Crippen LogP contribution in [-0.4, -0.2) is 0 Å². The molecule has 1 aliphatic carbocycles. The molecule has 0 heterocycles. The van der Waals surface area contributed by atoms with Crippen LogP contribution >= 0.6 is 0 Å². The molecule has 0 bridgehead atoms. The molecule has 2 rings (SSSR count). The summed E-state index contributed by atoms with van der Waals surface area (Å²) < 4.78 is 0. The summed E-state index contributed by atoms with van der Waals surface area (Å²) in [5.41, 5.74) is 5.61. The number of allylic oxidation sites excluding steroid dienone is 3. The molecule has 1 fully saturated rings. The molecule has 1 saturated carbocycles. The van der Waals surface area contributed by atoms with Gasteiger partial charge in [0.2, 0.25) is 0 Å². The maximum Gasteiger partial charge on any atom is -0.00958 e. The fourth-order valence-corrected chi connectivity index (χ4v) is 2.87. The van der Waals surface area contributed by atoms with E-state index in [4.69, 9.17) is 0 Å². The summed E-state index contributed by atoms with van der Waals surface area (Å²) in [5, 5.41) is 0. The minimum absolute atomic E-state index is 0.584. The Morgan fingerprint density at radius 3 is 2.47 bits per heavy atom. The molecule has 17 heavy (non-hydrogen) atoms. The van der Waals surface area contributed by atoms with Crippen LogP contribution in [0.1, 0.15) is 43.7 Å². The van der Waals surface area contributed by atoms with E-state index in [0.717, 1.165) is 0 Å². The zero-order valence-electron chi connectivity index (χ0n) is 11.2. The van der Waals surface area contributed by atoms with E-state index in [0.29, 0.717) is 11.8 Å². The molecule has 0 heteroatoms. The van der Waals surface area contributed by atoms with Crippen molar-refractivity contribution in [3.63, 3.8) is 0 Å². The van der Waals surface area contributed by atoms with Crippen LogP contribution in [0.4, 0.5) is 0 Å². The molecule has 2 atom stereocenters. The number of aryl methyl sites for hydroxylation is 1. The van der Waals surface area contributed by atoms with Crippen LogP contribution in [-0.2, 0) is 0 Å². The number of hydrogen-bond donors (Lipinski definition) is 0. The lowest BCUT2D eigenvalue weighted by Gasteiger charge is -2.21.